The molecule has 1 saturated heterocycles. The number of carboxylic acid groups (broad SMARTS) is 2. The minimum atomic E-state index is -5.08. The second kappa shape index (κ2) is 17.8. The van der Waals surface area contributed by atoms with Gasteiger partial charge in [0.25, 0.3) is 0 Å². The Hall–Kier alpha value is -4.75. The van der Waals surface area contributed by atoms with Crippen molar-refractivity contribution < 1.29 is 59.4 Å². The van der Waals surface area contributed by atoms with Crippen LogP contribution >= 0.6 is 0 Å². The number of amides is 1. The number of alkyl halides is 6. The number of likely N-dealkylation sites (tertiary alicyclic amines) is 1. The Morgan fingerprint density at radius 3 is 1.92 bits per heavy atom. The number of aliphatic carboxylic acids is 2. The number of nitrogens with one attached hydrogen (secondary N) is 2. The first-order valence-electron chi connectivity index (χ1n) is 14.7. The Morgan fingerprint density at radius 2 is 1.42 bits per heavy atom. The Bertz CT molecular complexity index is 1740. The molecule has 19 heteroatoms. The third-order valence-corrected chi connectivity index (χ3v) is 8.76. The maximum Gasteiger partial charge on any atom is 0.490 e. The molecule has 0 radical (unpaired) electrons. The zero-order chi connectivity index (χ0) is 37.9. The largest absolute Gasteiger partial charge is 0.490 e. The molecule has 1 amide bonds. The lowest BCUT2D eigenvalue weighted by atomic mass is 9.93. The van der Waals surface area contributed by atoms with Crippen molar-refractivity contribution >= 4 is 44.5 Å². The number of piperidine rings is 1. The number of nitrogens with two attached hydrogens (primary N) is 2. The average Bonchev–Trinajstić information content (AvgIpc) is 3.04. The van der Waals surface area contributed by atoms with Crippen molar-refractivity contribution in [2.45, 2.75) is 49.0 Å². The number of carboxylic acids is 2. The topological polar surface area (TPSA) is 217 Å². The molecule has 0 saturated carbocycles. The molecule has 1 atom stereocenters. The molecule has 274 valence electrons. The number of amidine groups is 1. The highest BCUT2D eigenvalue weighted by atomic mass is 32.2. The fraction of sp³-hybridized carbons (Fsp3) is 0.355. The molecule has 0 aromatic heterocycles. The number of sulfonamides is 1. The number of fused-ring (bicyclic) bond motifs is 1. The predicted molar refractivity (Wildman–Crippen MR) is 170 cm³/mol. The van der Waals surface area contributed by atoms with Crippen LogP contribution in [0.1, 0.15) is 30.4 Å². The molecule has 1 fully saturated rings. The van der Waals surface area contributed by atoms with Gasteiger partial charge in [-0.2, -0.15) is 31.1 Å². The molecular weight excluding hydrogens is 700 g/mol. The number of nitrogen functional groups attached to an aromatic ring is 1. The Kier molecular flexibility index (Phi) is 14.7. The maximum atomic E-state index is 13.6. The van der Waals surface area contributed by atoms with E-state index in [2.05, 4.69) is 4.72 Å². The van der Waals surface area contributed by atoms with Crippen LogP contribution in [0.3, 0.4) is 0 Å². The second-order valence-electron chi connectivity index (χ2n) is 11.0. The van der Waals surface area contributed by atoms with Crippen LogP contribution in [-0.2, 0) is 30.8 Å². The lowest BCUT2D eigenvalue weighted by Crippen LogP contribution is -2.51. The molecule has 3 aromatic rings. The molecule has 1 heterocycles. The molecule has 12 nitrogen and oxygen atoms in total. The Morgan fingerprint density at radius 1 is 0.880 bits per heavy atom. The van der Waals surface area contributed by atoms with Crippen LogP contribution in [0.15, 0.2) is 71.6 Å². The highest BCUT2D eigenvalue weighted by Gasteiger charge is 2.39. The number of rotatable bonds is 9. The minimum absolute atomic E-state index is 0.0848. The van der Waals surface area contributed by atoms with E-state index in [1.807, 2.05) is 30.3 Å². The van der Waals surface area contributed by atoms with Crippen molar-refractivity contribution in [1.29, 1.82) is 5.41 Å². The number of carbonyl (C=O) groups excluding carboxylic acids is 1. The van der Waals surface area contributed by atoms with E-state index in [4.69, 9.17) is 36.7 Å². The van der Waals surface area contributed by atoms with Gasteiger partial charge in [0.2, 0.25) is 15.9 Å². The van der Waals surface area contributed by atoms with Crippen LogP contribution < -0.4 is 16.2 Å². The average molecular weight is 736 g/mol. The van der Waals surface area contributed by atoms with Gasteiger partial charge >= 0.3 is 24.3 Å². The van der Waals surface area contributed by atoms with E-state index in [-0.39, 0.29) is 23.1 Å². The van der Waals surface area contributed by atoms with Gasteiger partial charge in [0.15, 0.2) is 0 Å². The summed E-state index contributed by atoms with van der Waals surface area (Å²) in [7, 11) is -3.98. The summed E-state index contributed by atoms with van der Waals surface area (Å²) in [5.74, 6) is -5.36. The number of hydrogen-bond acceptors (Lipinski definition) is 7. The van der Waals surface area contributed by atoms with E-state index in [0.717, 1.165) is 35.6 Å². The molecule has 50 heavy (non-hydrogen) atoms. The summed E-state index contributed by atoms with van der Waals surface area (Å²) >= 11 is 0. The number of carbonyl (C=O) groups is 3. The quantitative estimate of drug-likeness (QED) is 0.107. The molecule has 1 aliphatic heterocycles. The van der Waals surface area contributed by atoms with Gasteiger partial charge in [-0.05, 0) is 72.7 Å². The summed E-state index contributed by atoms with van der Waals surface area (Å²) in [6.07, 6.45) is -7.38. The summed E-state index contributed by atoms with van der Waals surface area (Å²) in [5, 5.41) is 23.7. The molecule has 0 unspecified atom stereocenters. The summed E-state index contributed by atoms with van der Waals surface area (Å²) in [6.45, 7) is 1.77. The van der Waals surface area contributed by atoms with Gasteiger partial charge in [-0.1, -0.05) is 48.5 Å². The van der Waals surface area contributed by atoms with Gasteiger partial charge < -0.3 is 26.6 Å². The molecule has 3 aromatic carbocycles. The van der Waals surface area contributed by atoms with E-state index in [1.165, 1.54) is 0 Å². The molecule has 0 aliphatic carbocycles. The van der Waals surface area contributed by atoms with Gasteiger partial charge in [-0.3, -0.25) is 10.2 Å². The zero-order valence-corrected chi connectivity index (χ0v) is 27.0. The summed E-state index contributed by atoms with van der Waals surface area (Å²) in [6, 6.07) is 18.5. The number of hydrogen-bond donors (Lipinski definition) is 6. The van der Waals surface area contributed by atoms with Gasteiger partial charge in [0.05, 0.1) is 4.90 Å². The van der Waals surface area contributed by atoms with E-state index < -0.39 is 40.4 Å². The second-order valence-corrected chi connectivity index (χ2v) is 12.7. The van der Waals surface area contributed by atoms with Crippen molar-refractivity contribution in [1.82, 2.24) is 9.62 Å². The fourth-order valence-corrected chi connectivity index (χ4v) is 5.99. The highest BCUT2D eigenvalue weighted by Crippen LogP contribution is 2.23. The van der Waals surface area contributed by atoms with E-state index in [1.54, 1.807) is 41.3 Å². The van der Waals surface area contributed by atoms with Crippen molar-refractivity contribution in [3.8, 4) is 0 Å². The minimum Gasteiger partial charge on any atom is -0.475 e. The summed E-state index contributed by atoms with van der Waals surface area (Å²) < 4.78 is 93.0. The molecule has 0 spiro atoms. The smallest absolute Gasteiger partial charge is 0.475 e. The molecular formula is C31H35F6N5O7S. The Labute approximate surface area is 282 Å². The standard InChI is InChI=1S/C27H33N5O3S.2C2HF3O2/c28-13-10-19-11-14-32(15-12-19)27(33)25(17-20-4-3-7-23(16-20)26(29)30)31-36(34,35)24-9-8-21-5-1-2-6-22(21)18-24;2*3-2(4,5)1(6)7/h1-9,16,18-19,25,31H,10-15,17,28H2,(H3,29,30);2*(H,6,7)/t25-;;/m0../s1. The van der Waals surface area contributed by atoms with E-state index >= 15 is 0 Å². The van der Waals surface area contributed by atoms with Crippen LogP contribution in [0.4, 0.5) is 26.3 Å². The molecule has 0 bridgehead atoms. The van der Waals surface area contributed by atoms with Gasteiger partial charge in [0.1, 0.15) is 11.9 Å². The number of nitrogens with zero attached hydrogens (tertiary/aromatic N) is 1. The van der Waals surface area contributed by atoms with E-state index in [9.17, 15) is 39.6 Å². The van der Waals surface area contributed by atoms with Crippen LogP contribution in [0.2, 0.25) is 0 Å². The van der Waals surface area contributed by atoms with Crippen LogP contribution in [0, 0.1) is 11.3 Å². The van der Waals surface area contributed by atoms with Gasteiger partial charge in [0, 0.05) is 18.7 Å². The third-order valence-electron chi connectivity index (χ3n) is 7.29. The SMILES string of the molecule is N=C(N)c1cccc(C[C@H](NS(=O)(=O)c2ccc3ccccc3c2)C(=O)N2CCC(CCN)CC2)c1.O=C(O)C(F)(F)F.O=C(O)C(F)(F)F. The summed E-state index contributed by atoms with van der Waals surface area (Å²) in [4.78, 5) is 33.3. The first kappa shape index (κ1) is 41.4. The molecule has 4 rings (SSSR count). The predicted octanol–water partition coefficient (Wildman–Crippen LogP) is 3.87. The highest BCUT2D eigenvalue weighted by molar-refractivity contribution is 7.89. The zero-order valence-electron chi connectivity index (χ0n) is 26.2. The van der Waals surface area contributed by atoms with Crippen LogP contribution in [0.5, 0.6) is 0 Å². The monoisotopic (exact) mass is 735 g/mol. The lowest BCUT2D eigenvalue weighted by molar-refractivity contribution is -0.193. The van der Waals surface area contributed by atoms with Crippen molar-refractivity contribution in [2.75, 3.05) is 19.6 Å². The molecule has 8 N–H and O–H groups in total. The first-order valence-corrected chi connectivity index (χ1v) is 16.2. The number of benzene rings is 3. The van der Waals surface area contributed by atoms with Crippen LogP contribution in [-0.4, -0.2) is 85.2 Å². The van der Waals surface area contributed by atoms with Gasteiger partial charge in [-0.15, -0.1) is 0 Å². The molecule has 1 aliphatic rings. The van der Waals surface area contributed by atoms with Crippen molar-refractivity contribution in [2.24, 2.45) is 17.4 Å². The third kappa shape index (κ3) is 12.9. The van der Waals surface area contributed by atoms with Gasteiger partial charge in [-0.25, -0.2) is 18.0 Å². The van der Waals surface area contributed by atoms with Crippen molar-refractivity contribution in [3.63, 3.8) is 0 Å². The Balaban J connectivity index is 0.000000521. The first-order chi connectivity index (χ1) is 23.1. The van der Waals surface area contributed by atoms with Crippen LogP contribution in [0.25, 0.3) is 10.8 Å². The number of halogens is 6. The van der Waals surface area contributed by atoms with Crippen molar-refractivity contribution in [3.05, 3.63) is 77.9 Å². The van der Waals surface area contributed by atoms with E-state index in [0.29, 0.717) is 31.1 Å². The lowest BCUT2D eigenvalue weighted by Gasteiger charge is -2.34. The normalized spacial score (nSPS) is 14.4. The summed E-state index contributed by atoms with van der Waals surface area (Å²) in [5.41, 5.74) is 12.6. The fourth-order valence-electron chi connectivity index (χ4n) is 4.77. The maximum absolute atomic E-state index is 13.6.